The van der Waals surface area contributed by atoms with Gasteiger partial charge < -0.3 is 19.2 Å². The van der Waals surface area contributed by atoms with Crippen LogP contribution in [-0.2, 0) is 9.53 Å². The Labute approximate surface area is 167 Å². The summed E-state index contributed by atoms with van der Waals surface area (Å²) >= 11 is 0. The Hall–Kier alpha value is -3.68. The van der Waals surface area contributed by atoms with Crippen LogP contribution in [0.2, 0.25) is 0 Å². The molecule has 8 heteroatoms. The maximum Gasteiger partial charge on any atom is 0.326 e. The van der Waals surface area contributed by atoms with E-state index in [0.29, 0.717) is 17.2 Å². The number of hydrogen-bond donors (Lipinski definition) is 1. The second kappa shape index (κ2) is 9.01. The van der Waals surface area contributed by atoms with E-state index in [4.69, 9.17) is 13.9 Å². The van der Waals surface area contributed by atoms with Crippen LogP contribution in [0, 0.1) is 6.92 Å². The molecule has 0 spiro atoms. The van der Waals surface area contributed by atoms with Gasteiger partial charge in [-0.1, -0.05) is 29.8 Å². The molecule has 1 amide bonds. The number of hydrogen-bond acceptors (Lipinski definition) is 7. The minimum atomic E-state index is -0.752. The number of para-hydroxylation sites is 1. The summed E-state index contributed by atoms with van der Waals surface area (Å²) in [5, 5.41) is 10.4. The van der Waals surface area contributed by atoms with E-state index in [1.54, 1.807) is 31.2 Å². The molecule has 0 fully saturated rings. The smallest absolute Gasteiger partial charge is 0.326 e. The number of aromatic nitrogens is 2. The molecule has 29 heavy (non-hydrogen) atoms. The molecule has 0 aliphatic carbocycles. The molecule has 0 aliphatic heterocycles. The fraction of sp³-hybridized carbons (Fsp3) is 0.238. The molecule has 1 heterocycles. The second-order valence-electron chi connectivity index (χ2n) is 6.33. The zero-order chi connectivity index (χ0) is 20.8. The van der Waals surface area contributed by atoms with Crippen molar-refractivity contribution in [1.29, 1.82) is 0 Å². The molecule has 1 aromatic heterocycles. The zero-order valence-electron chi connectivity index (χ0n) is 16.3. The Morgan fingerprint density at radius 3 is 2.55 bits per heavy atom. The van der Waals surface area contributed by atoms with Crippen LogP contribution < -0.4 is 10.1 Å². The van der Waals surface area contributed by atoms with Gasteiger partial charge in [-0.05, 0) is 38.1 Å². The van der Waals surface area contributed by atoms with Gasteiger partial charge in [0.15, 0.2) is 6.10 Å². The maximum atomic E-state index is 12.2. The molecule has 3 rings (SSSR count). The monoisotopic (exact) mass is 395 g/mol. The third-order valence-electron chi connectivity index (χ3n) is 4.14. The quantitative estimate of drug-likeness (QED) is 0.613. The summed E-state index contributed by atoms with van der Waals surface area (Å²) in [7, 11) is 1.47. The van der Waals surface area contributed by atoms with Crippen molar-refractivity contribution < 1.29 is 23.5 Å². The predicted molar refractivity (Wildman–Crippen MR) is 104 cm³/mol. The number of benzene rings is 2. The summed E-state index contributed by atoms with van der Waals surface area (Å²) in [5.74, 6) is -0.138. The topological polar surface area (TPSA) is 104 Å². The molecule has 2 aromatic carbocycles. The molecule has 0 aliphatic rings. The molecule has 0 unspecified atom stereocenters. The lowest BCUT2D eigenvalue weighted by molar-refractivity contribution is -0.148. The molecule has 1 atom stereocenters. The first kappa shape index (κ1) is 20.1. The third-order valence-corrected chi connectivity index (χ3v) is 4.14. The van der Waals surface area contributed by atoms with E-state index in [9.17, 15) is 9.59 Å². The fourth-order valence-electron chi connectivity index (χ4n) is 2.58. The van der Waals surface area contributed by atoms with Crippen LogP contribution in [0.4, 0.5) is 0 Å². The predicted octanol–water partition coefficient (Wildman–Crippen LogP) is 3.09. The van der Waals surface area contributed by atoms with E-state index in [1.165, 1.54) is 7.11 Å². The van der Waals surface area contributed by atoms with E-state index in [-0.39, 0.29) is 12.4 Å². The van der Waals surface area contributed by atoms with Gasteiger partial charge in [0.25, 0.3) is 11.8 Å². The van der Waals surface area contributed by atoms with Gasteiger partial charge in [-0.2, -0.15) is 0 Å². The van der Waals surface area contributed by atoms with Gasteiger partial charge in [0.05, 0.1) is 12.7 Å². The molecule has 150 valence electrons. The molecular weight excluding hydrogens is 374 g/mol. The first-order chi connectivity index (χ1) is 14.0. The third kappa shape index (κ3) is 4.98. The van der Waals surface area contributed by atoms with Crippen LogP contribution in [0.3, 0.4) is 0 Å². The number of carbonyl (C=O) groups excluding carboxylic acids is 2. The normalized spacial score (nSPS) is 11.6. The van der Waals surface area contributed by atoms with Crippen molar-refractivity contribution >= 4 is 11.9 Å². The van der Waals surface area contributed by atoms with Crippen molar-refractivity contribution in [2.45, 2.75) is 20.0 Å². The molecule has 8 nitrogen and oxygen atoms in total. The van der Waals surface area contributed by atoms with Gasteiger partial charge >= 0.3 is 5.97 Å². The summed E-state index contributed by atoms with van der Waals surface area (Å²) in [6.45, 7) is 3.30. The highest BCUT2D eigenvalue weighted by molar-refractivity contribution is 5.98. The Morgan fingerprint density at radius 2 is 1.83 bits per heavy atom. The van der Waals surface area contributed by atoms with E-state index in [0.717, 1.165) is 11.1 Å². The number of esters is 1. The van der Waals surface area contributed by atoms with Crippen molar-refractivity contribution in [2.24, 2.45) is 0 Å². The van der Waals surface area contributed by atoms with Gasteiger partial charge in [0.2, 0.25) is 5.89 Å². The molecule has 0 saturated heterocycles. The lowest BCUT2D eigenvalue weighted by Gasteiger charge is -2.11. The van der Waals surface area contributed by atoms with Crippen molar-refractivity contribution in [3.63, 3.8) is 0 Å². The highest BCUT2D eigenvalue weighted by Crippen LogP contribution is 2.22. The molecule has 0 radical (unpaired) electrons. The first-order valence-electron chi connectivity index (χ1n) is 8.99. The van der Waals surface area contributed by atoms with Gasteiger partial charge in [-0.15, -0.1) is 10.2 Å². The van der Waals surface area contributed by atoms with E-state index >= 15 is 0 Å². The number of nitrogens with zero attached hydrogens (tertiary/aromatic N) is 2. The average Bonchev–Trinajstić information content (AvgIpc) is 3.23. The summed E-state index contributed by atoms with van der Waals surface area (Å²) in [5.41, 5.74) is 2.22. The lowest BCUT2D eigenvalue weighted by atomic mass is 10.1. The molecule has 1 N–H and O–H groups in total. The fourth-order valence-corrected chi connectivity index (χ4v) is 2.58. The molecule has 0 saturated carbocycles. The van der Waals surface area contributed by atoms with Crippen LogP contribution in [0.15, 0.2) is 52.9 Å². The Kier molecular flexibility index (Phi) is 6.23. The van der Waals surface area contributed by atoms with Gasteiger partial charge in [0.1, 0.15) is 12.3 Å². The van der Waals surface area contributed by atoms with E-state index in [2.05, 4.69) is 15.5 Å². The second-order valence-corrected chi connectivity index (χ2v) is 6.33. The number of amides is 1. The Morgan fingerprint density at radius 1 is 1.10 bits per heavy atom. The number of carbonyl (C=O) groups is 2. The van der Waals surface area contributed by atoms with Crippen LogP contribution in [0.25, 0.3) is 11.5 Å². The summed E-state index contributed by atoms with van der Waals surface area (Å²) in [6.07, 6.45) is -0.752. The van der Waals surface area contributed by atoms with Crippen LogP contribution in [-0.4, -0.2) is 35.7 Å². The van der Waals surface area contributed by atoms with E-state index < -0.39 is 18.0 Å². The maximum absolute atomic E-state index is 12.2. The highest BCUT2D eigenvalue weighted by atomic mass is 16.6. The number of aryl methyl sites for hydroxylation is 1. The highest BCUT2D eigenvalue weighted by Gasteiger charge is 2.20. The Bertz CT molecular complexity index is 998. The molecular formula is C21H21N3O5. The average molecular weight is 395 g/mol. The molecule has 0 bridgehead atoms. The summed E-state index contributed by atoms with van der Waals surface area (Å²) < 4.78 is 16.0. The molecule has 3 aromatic rings. The van der Waals surface area contributed by atoms with Crippen molar-refractivity contribution in [3.05, 3.63) is 65.5 Å². The van der Waals surface area contributed by atoms with Crippen molar-refractivity contribution in [1.82, 2.24) is 15.5 Å². The number of ether oxygens (including phenoxy) is 2. The zero-order valence-corrected chi connectivity index (χ0v) is 16.3. The van der Waals surface area contributed by atoms with Gasteiger partial charge in [-0.25, -0.2) is 0 Å². The standard InChI is InChI=1S/C21H21N3O5/c1-13-8-10-15(11-9-13)21-24-23-20(29-21)14(2)28-18(25)12-22-19(26)16-6-4-5-7-17(16)27-3/h4-11,14H,12H2,1-3H3,(H,22,26)/t14-/m1/s1. The van der Waals surface area contributed by atoms with Crippen molar-refractivity contribution in [2.75, 3.05) is 13.7 Å². The van der Waals surface area contributed by atoms with Crippen LogP contribution in [0.5, 0.6) is 5.75 Å². The number of nitrogens with one attached hydrogen (secondary N) is 1. The Balaban J connectivity index is 1.55. The SMILES string of the molecule is COc1ccccc1C(=O)NCC(=O)O[C@H](C)c1nnc(-c2ccc(C)cc2)o1. The minimum Gasteiger partial charge on any atom is -0.496 e. The minimum absolute atomic E-state index is 0.171. The first-order valence-corrected chi connectivity index (χ1v) is 8.99. The number of rotatable bonds is 7. The van der Waals surface area contributed by atoms with Gasteiger partial charge in [-0.3, -0.25) is 9.59 Å². The lowest BCUT2D eigenvalue weighted by Crippen LogP contribution is -2.31. The largest absolute Gasteiger partial charge is 0.496 e. The number of methoxy groups -OCH3 is 1. The summed E-state index contributed by atoms with van der Waals surface area (Å²) in [4.78, 5) is 24.3. The van der Waals surface area contributed by atoms with Crippen molar-refractivity contribution in [3.8, 4) is 17.2 Å². The van der Waals surface area contributed by atoms with E-state index in [1.807, 2.05) is 31.2 Å². The van der Waals surface area contributed by atoms with Crippen LogP contribution in [0.1, 0.15) is 34.8 Å². The van der Waals surface area contributed by atoms with Gasteiger partial charge in [0, 0.05) is 5.56 Å². The van der Waals surface area contributed by atoms with Crippen LogP contribution >= 0.6 is 0 Å². The summed E-state index contributed by atoms with van der Waals surface area (Å²) in [6, 6.07) is 14.3.